The van der Waals surface area contributed by atoms with Crippen molar-refractivity contribution >= 4 is 21.9 Å². The summed E-state index contributed by atoms with van der Waals surface area (Å²) in [6.45, 7) is 7.67. The van der Waals surface area contributed by atoms with Crippen LogP contribution in [0.5, 0.6) is 5.75 Å². The van der Waals surface area contributed by atoms with E-state index in [1.54, 1.807) is 14.2 Å². The number of aliphatic imine (C=N–C) groups is 1. The van der Waals surface area contributed by atoms with Crippen molar-refractivity contribution in [2.24, 2.45) is 10.9 Å². The van der Waals surface area contributed by atoms with Crippen molar-refractivity contribution < 1.29 is 14.2 Å². The van der Waals surface area contributed by atoms with Crippen molar-refractivity contribution in [3.63, 3.8) is 0 Å². The van der Waals surface area contributed by atoms with E-state index >= 15 is 0 Å². The highest BCUT2D eigenvalue weighted by molar-refractivity contribution is 9.10. The van der Waals surface area contributed by atoms with Crippen LogP contribution in [0, 0.1) is 5.92 Å². The lowest BCUT2D eigenvalue weighted by molar-refractivity contribution is 0.0536. The van der Waals surface area contributed by atoms with Crippen LogP contribution in [0.1, 0.15) is 18.9 Å². The molecule has 0 bridgehead atoms. The summed E-state index contributed by atoms with van der Waals surface area (Å²) in [7, 11) is 3.37. The van der Waals surface area contributed by atoms with E-state index < -0.39 is 0 Å². The maximum Gasteiger partial charge on any atom is 0.194 e. The number of guanidine groups is 1. The van der Waals surface area contributed by atoms with Crippen molar-refractivity contribution in [1.29, 1.82) is 0 Å². The second-order valence-corrected chi connectivity index (χ2v) is 7.16. The van der Waals surface area contributed by atoms with Crippen molar-refractivity contribution in [3.05, 3.63) is 28.2 Å². The molecule has 1 heterocycles. The predicted molar refractivity (Wildman–Crippen MR) is 108 cm³/mol. The van der Waals surface area contributed by atoms with Crippen molar-refractivity contribution in [3.8, 4) is 5.75 Å². The van der Waals surface area contributed by atoms with Gasteiger partial charge < -0.3 is 24.4 Å². The van der Waals surface area contributed by atoms with Gasteiger partial charge in [-0.3, -0.25) is 0 Å². The van der Waals surface area contributed by atoms with Gasteiger partial charge >= 0.3 is 0 Å². The summed E-state index contributed by atoms with van der Waals surface area (Å²) in [6, 6.07) is 6.07. The highest BCUT2D eigenvalue weighted by Crippen LogP contribution is 2.26. The molecule has 146 valence electrons. The third-order valence-corrected chi connectivity index (χ3v) is 4.95. The van der Waals surface area contributed by atoms with Crippen LogP contribution >= 0.6 is 15.9 Å². The van der Waals surface area contributed by atoms with E-state index in [1.165, 1.54) is 0 Å². The number of benzene rings is 1. The standard InChI is InChI=1S/C19H30BrN3O3/c1-4-21-19(22-12-15-5-6-18(25-3)17(20)11-15)23-8-7-16(13-23)14-26-10-9-24-2/h5-6,11,16H,4,7-10,12-14H2,1-3H3,(H,21,22). The average molecular weight is 428 g/mol. The van der Waals surface area contributed by atoms with Gasteiger partial charge in [-0.1, -0.05) is 6.07 Å². The molecule has 1 saturated heterocycles. The normalized spacial score (nSPS) is 17.6. The Hall–Kier alpha value is -1.31. The molecule has 1 N–H and O–H groups in total. The van der Waals surface area contributed by atoms with Gasteiger partial charge in [0, 0.05) is 32.7 Å². The van der Waals surface area contributed by atoms with Gasteiger partial charge in [-0.25, -0.2) is 4.99 Å². The highest BCUT2D eigenvalue weighted by Gasteiger charge is 2.24. The smallest absolute Gasteiger partial charge is 0.194 e. The van der Waals surface area contributed by atoms with Gasteiger partial charge in [0.1, 0.15) is 5.75 Å². The molecule has 1 fully saturated rings. The quantitative estimate of drug-likeness (QED) is 0.373. The third kappa shape index (κ3) is 6.45. The highest BCUT2D eigenvalue weighted by atomic mass is 79.9. The molecule has 0 amide bonds. The number of nitrogens with one attached hydrogen (secondary N) is 1. The number of hydrogen-bond acceptors (Lipinski definition) is 4. The fourth-order valence-corrected chi connectivity index (χ4v) is 3.54. The lowest BCUT2D eigenvalue weighted by Crippen LogP contribution is -2.40. The number of ether oxygens (including phenoxy) is 3. The van der Waals surface area contributed by atoms with Gasteiger partial charge in [0.15, 0.2) is 5.96 Å². The Morgan fingerprint density at radius 1 is 1.35 bits per heavy atom. The fourth-order valence-electron chi connectivity index (χ4n) is 2.95. The number of halogens is 1. The number of hydrogen-bond donors (Lipinski definition) is 1. The Morgan fingerprint density at radius 2 is 2.19 bits per heavy atom. The molecule has 1 unspecified atom stereocenters. The molecular weight excluding hydrogens is 398 g/mol. The van der Waals surface area contributed by atoms with E-state index in [9.17, 15) is 0 Å². The molecule has 2 rings (SSSR count). The van der Waals surface area contributed by atoms with Gasteiger partial charge in [0.2, 0.25) is 0 Å². The van der Waals surface area contributed by atoms with Crippen LogP contribution in [0.3, 0.4) is 0 Å². The van der Waals surface area contributed by atoms with Gasteiger partial charge in [-0.05, 0) is 47.0 Å². The number of nitrogens with zero attached hydrogens (tertiary/aromatic N) is 2. The van der Waals surface area contributed by atoms with E-state index in [0.29, 0.717) is 25.7 Å². The second-order valence-electron chi connectivity index (χ2n) is 6.31. The van der Waals surface area contributed by atoms with Crippen LogP contribution in [0.2, 0.25) is 0 Å². The van der Waals surface area contributed by atoms with E-state index in [4.69, 9.17) is 19.2 Å². The molecule has 0 spiro atoms. The zero-order chi connectivity index (χ0) is 18.8. The summed E-state index contributed by atoms with van der Waals surface area (Å²) in [6.07, 6.45) is 1.13. The SMILES string of the molecule is CCNC(=NCc1ccc(OC)c(Br)c1)N1CCC(COCCOC)C1. The molecule has 0 radical (unpaired) electrons. The van der Waals surface area contributed by atoms with Gasteiger partial charge in [-0.2, -0.15) is 0 Å². The molecule has 26 heavy (non-hydrogen) atoms. The second kappa shape index (κ2) is 11.4. The first-order valence-corrected chi connectivity index (χ1v) is 9.89. The molecule has 1 aromatic carbocycles. The van der Waals surface area contributed by atoms with Crippen LogP contribution in [0.4, 0.5) is 0 Å². The molecule has 0 aromatic heterocycles. The topological polar surface area (TPSA) is 55.3 Å². The van der Waals surface area contributed by atoms with Crippen LogP contribution in [0.25, 0.3) is 0 Å². The lowest BCUT2D eigenvalue weighted by Gasteiger charge is -2.21. The first-order chi connectivity index (χ1) is 12.7. The van der Waals surface area contributed by atoms with E-state index in [2.05, 4.69) is 39.1 Å². The van der Waals surface area contributed by atoms with Crippen LogP contribution in [-0.4, -0.2) is 64.5 Å². The Bertz CT molecular complexity index is 583. The molecule has 1 atom stereocenters. The molecule has 7 heteroatoms. The zero-order valence-corrected chi connectivity index (χ0v) is 17.5. The van der Waals surface area contributed by atoms with Gasteiger partial charge in [0.05, 0.1) is 37.9 Å². The summed E-state index contributed by atoms with van der Waals surface area (Å²) < 4.78 is 16.9. The molecule has 1 aliphatic heterocycles. The summed E-state index contributed by atoms with van der Waals surface area (Å²) >= 11 is 3.53. The van der Waals surface area contributed by atoms with Crippen LogP contribution in [-0.2, 0) is 16.0 Å². The van der Waals surface area contributed by atoms with E-state index in [0.717, 1.165) is 54.4 Å². The predicted octanol–water partition coefficient (Wildman–Crippen LogP) is 2.91. The minimum atomic E-state index is 0.547. The Kier molecular flexibility index (Phi) is 9.22. The monoisotopic (exact) mass is 427 g/mol. The van der Waals surface area contributed by atoms with E-state index in [1.807, 2.05) is 12.1 Å². The summed E-state index contributed by atoms with van der Waals surface area (Å²) in [5, 5.41) is 3.41. The third-order valence-electron chi connectivity index (χ3n) is 4.33. The lowest BCUT2D eigenvalue weighted by atomic mass is 10.1. The number of methoxy groups -OCH3 is 2. The molecule has 0 aliphatic carbocycles. The molecule has 1 aliphatic rings. The maximum absolute atomic E-state index is 5.68. The molecule has 1 aromatic rings. The molecule has 6 nitrogen and oxygen atoms in total. The average Bonchev–Trinajstić information content (AvgIpc) is 3.11. The van der Waals surface area contributed by atoms with Crippen molar-refractivity contribution in [2.75, 3.05) is 53.7 Å². The summed E-state index contributed by atoms with van der Waals surface area (Å²) in [5.41, 5.74) is 1.15. The minimum Gasteiger partial charge on any atom is -0.496 e. The van der Waals surface area contributed by atoms with Gasteiger partial charge in [0.25, 0.3) is 0 Å². The Morgan fingerprint density at radius 3 is 2.88 bits per heavy atom. The van der Waals surface area contributed by atoms with E-state index in [-0.39, 0.29) is 0 Å². The largest absolute Gasteiger partial charge is 0.496 e. The van der Waals surface area contributed by atoms with Crippen molar-refractivity contribution in [2.45, 2.75) is 19.9 Å². The number of likely N-dealkylation sites (tertiary alicyclic amines) is 1. The number of rotatable bonds is 9. The maximum atomic E-state index is 5.68. The Balaban J connectivity index is 1.91. The fraction of sp³-hybridized carbons (Fsp3) is 0.632. The Labute approximate surface area is 165 Å². The summed E-state index contributed by atoms with van der Waals surface area (Å²) in [4.78, 5) is 7.14. The summed E-state index contributed by atoms with van der Waals surface area (Å²) in [5.74, 6) is 2.35. The molecular formula is C19H30BrN3O3. The first-order valence-electron chi connectivity index (χ1n) is 9.10. The molecule has 0 saturated carbocycles. The van der Waals surface area contributed by atoms with Crippen molar-refractivity contribution in [1.82, 2.24) is 10.2 Å². The van der Waals surface area contributed by atoms with Crippen LogP contribution in [0.15, 0.2) is 27.7 Å². The van der Waals surface area contributed by atoms with Gasteiger partial charge in [-0.15, -0.1) is 0 Å². The van der Waals surface area contributed by atoms with Crippen LogP contribution < -0.4 is 10.1 Å². The minimum absolute atomic E-state index is 0.547. The zero-order valence-electron chi connectivity index (χ0n) is 16.0. The first kappa shape index (κ1) is 21.0.